The average Bonchev–Trinajstić information content (AvgIpc) is 2.89. The molecule has 1 unspecified atom stereocenters. The second-order valence-electron chi connectivity index (χ2n) is 4.97. The first-order valence-electron chi connectivity index (χ1n) is 6.75. The summed E-state index contributed by atoms with van der Waals surface area (Å²) < 4.78 is 1.12. The molecule has 1 aromatic carbocycles. The van der Waals surface area contributed by atoms with Gasteiger partial charge in [0.25, 0.3) is 0 Å². The van der Waals surface area contributed by atoms with Crippen LogP contribution in [0.2, 0.25) is 0 Å². The molecule has 2 heterocycles. The minimum Gasteiger partial charge on any atom is -0.314 e. The van der Waals surface area contributed by atoms with Gasteiger partial charge in [-0.1, -0.05) is 40.5 Å². The molecule has 0 aliphatic carbocycles. The summed E-state index contributed by atoms with van der Waals surface area (Å²) in [6.07, 6.45) is 5.00. The van der Waals surface area contributed by atoms with Crippen LogP contribution in [0.3, 0.4) is 0 Å². The Labute approximate surface area is 126 Å². The monoisotopic (exact) mass is 336 g/mol. The maximum atomic E-state index is 4.78. The number of thiazole rings is 1. The van der Waals surface area contributed by atoms with Crippen molar-refractivity contribution in [1.29, 1.82) is 0 Å². The highest BCUT2D eigenvalue weighted by Crippen LogP contribution is 2.30. The molecule has 0 amide bonds. The van der Waals surface area contributed by atoms with Gasteiger partial charge in [0, 0.05) is 27.9 Å². The molecule has 2 nitrogen and oxygen atoms in total. The van der Waals surface area contributed by atoms with Crippen molar-refractivity contribution in [2.24, 2.45) is 0 Å². The average molecular weight is 337 g/mol. The summed E-state index contributed by atoms with van der Waals surface area (Å²) in [7, 11) is 0. The summed E-state index contributed by atoms with van der Waals surface area (Å²) in [5, 5.41) is 6.89. The van der Waals surface area contributed by atoms with Gasteiger partial charge in [0.05, 0.1) is 5.69 Å². The fraction of sp³-hybridized carbons (Fsp3) is 0.400. The Hall–Kier alpha value is -0.710. The zero-order valence-corrected chi connectivity index (χ0v) is 13.1. The molecule has 1 saturated heterocycles. The highest BCUT2D eigenvalue weighted by atomic mass is 79.9. The van der Waals surface area contributed by atoms with E-state index in [9.17, 15) is 0 Å². The summed E-state index contributed by atoms with van der Waals surface area (Å²) in [5.74, 6) is 0. The Morgan fingerprint density at radius 2 is 2.21 bits per heavy atom. The molecular weight excluding hydrogens is 320 g/mol. The van der Waals surface area contributed by atoms with Gasteiger partial charge in [-0.15, -0.1) is 11.3 Å². The van der Waals surface area contributed by atoms with Crippen LogP contribution in [0.5, 0.6) is 0 Å². The fourth-order valence-corrected chi connectivity index (χ4v) is 3.99. The van der Waals surface area contributed by atoms with Gasteiger partial charge in [0.2, 0.25) is 0 Å². The largest absolute Gasteiger partial charge is 0.314 e. The van der Waals surface area contributed by atoms with Crippen LogP contribution in [0.1, 0.15) is 25.0 Å². The Bertz CT molecular complexity index is 547. The molecule has 1 aliphatic rings. The lowest BCUT2D eigenvalue weighted by Crippen LogP contribution is -2.35. The second-order valence-corrected chi connectivity index (χ2v) is 6.69. The van der Waals surface area contributed by atoms with Crippen LogP contribution in [-0.4, -0.2) is 17.6 Å². The smallest absolute Gasteiger partial charge is 0.124 e. The van der Waals surface area contributed by atoms with Gasteiger partial charge in [-0.05, 0) is 25.5 Å². The molecular formula is C15H17BrN2S. The van der Waals surface area contributed by atoms with Crippen molar-refractivity contribution < 1.29 is 0 Å². The van der Waals surface area contributed by atoms with Crippen LogP contribution in [-0.2, 0) is 6.42 Å². The van der Waals surface area contributed by atoms with E-state index in [1.54, 1.807) is 11.3 Å². The maximum Gasteiger partial charge on any atom is 0.124 e. The number of piperidine rings is 1. The highest BCUT2D eigenvalue weighted by molar-refractivity contribution is 9.10. The Kier molecular flexibility index (Phi) is 4.31. The number of nitrogens with one attached hydrogen (secondary N) is 1. The van der Waals surface area contributed by atoms with Crippen LogP contribution < -0.4 is 5.32 Å². The van der Waals surface area contributed by atoms with Crippen molar-refractivity contribution in [1.82, 2.24) is 10.3 Å². The van der Waals surface area contributed by atoms with E-state index in [-0.39, 0.29) is 0 Å². The molecule has 2 aromatic rings. The van der Waals surface area contributed by atoms with Crippen molar-refractivity contribution in [3.05, 3.63) is 39.8 Å². The molecule has 1 N–H and O–H groups in total. The van der Waals surface area contributed by atoms with E-state index < -0.39 is 0 Å². The molecule has 19 heavy (non-hydrogen) atoms. The Balaban J connectivity index is 1.74. The van der Waals surface area contributed by atoms with Gasteiger partial charge in [0.1, 0.15) is 5.01 Å². The van der Waals surface area contributed by atoms with E-state index in [0.29, 0.717) is 6.04 Å². The minimum atomic E-state index is 0.614. The maximum absolute atomic E-state index is 4.78. The molecule has 0 saturated carbocycles. The van der Waals surface area contributed by atoms with Crippen molar-refractivity contribution in [3.8, 4) is 10.6 Å². The van der Waals surface area contributed by atoms with E-state index in [4.69, 9.17) is 4.98 Å². The number of hydrogen-bond acceptors (Lipinski definition) is 3. The third kappa shape index (κ3) is 3.25. The number of halogens is 1. The van der Waals surface area contributed by atoms with Crippen LogP contribution in [0.25, 0.3) is 10.6 Å². The molecule has 1 aliphatic heterocycles. The van der Waals surface area contributed by atoms with Gasteiger partial charge < -0.3 is 5.32 Å². The van der Waals surface area contributed by atoms with E-state index in [2.05, 4.69) is 44.8 Å². The van der Waals surface area contributed by atoms with Crippen molar-refractivity contribution >= 4 is 27.3 Å². The summed E-state index contributed by atoms with van der Waals surface area (Å²) >= 11 is 5.33. The van der Waals surface area contributed by atoms with E-state index in [1.807, 2.05) is 6.07 Å². The SMILES string of the molecule is Brc1ccccc1-c1nc(CC2CCCCN2)cs1. The molecule has 0 bridgehead atoms. The topological polar surface area (TPSA) is 24.9 Å². The molecule has 0 spiro atoms. The molecule has 1 fully saturated rings. The summed E-state index contributed by atoms with van der Waals surface area (Å²) in [6, 6.07) is 8.89. The van der Waals surface area contributed by atoms with Gasteiger partial charge in [-0.2, -0.15) is 0 Å². The number of nitrogens with zero attached hydrogens (tertiary/aromatic N) is 1. The summed E-state index contributed by atoms with van der Waals surface area (Å²) in [6.45, 7) is 1.16. The lowest BCUT2D eigenvalue weighted by molar-refractivity contribution is 0.397. The molecule has 100 valence electrons. The van der Waals surface area contributed by atoms with Crippen molar-refractivity contribution in [3.63, 3.8) is 0 Å². The first-order valence-corrected chi connectivity index (χ1v) is 8.43. The predicted octanol–water partition coefficient (Wildman–Crippen LogP) is 4.26. The number of aromatic nitrogens is 1. The van der Waals surface area contributed by atoms with Gasteiger partial charge in [0.15, 0.2) is 0 Å². The van der Waals surface area contributed by atoms with Crippen LogP contribution in [0, 0.1) is 0 Å². The fourth-order valence-electron chi connectivity index (χ4n) is 2.51. The Morgan fingerprint density at radius 3 is 3.00 bits per heavy atom. The normalized spacial score (nSPS) is 19.5. The molecule has 0 radical (unpaired) electrons. The highest BCUT2D eigenvalue weighted by Gasteiger charge is 2.15. The zero-order valence-electron chi connectivity index (χ0n) is 10.7. The molecule has 1 atom stereocenters. The lowest BCUT2D eigenvalue weighted by Gasteiger charge is -2.22. The van der Waals surface area contributed by atoms with Gasteiger partial charge in [-0.3, -0.25) is 0 Å². The van der Waals surface area contributed by atoms with Crippen LogP contribution in [0.15, 0.2) is 34.1 Å². The summed E-state index contributed by atoms with van der Waals surface area (Å²) in [4.78, 5) is 4.78. The number of benzene rings is 1. The zero-order chi connectivity index (χ0) is 13.1. The summed E-state index contributed by atoms with van der Waals surface area (Å²) in [5.41, 5.74) is 2.41. The third-order valence-electron chi connectivity index (χ3n) is 3.52. The lowest BCUT2D eigenvalue weighted by atomic mass is 10.0. The van der Waals surface area contributed by atoms with Crippen LogP contribution in [0.4, 0.5) is 0 Å². The first kappa shape index (κ1) is 13.3. The second kappa shape index (κ2) is 6.16. The number of hydrogen-bond donors (Lipinski definition) is 1. The minimum absolute atomic E-state index is 0.614. The van der Waals surface area contributed by atoms with E-state index in [1.165, 1.54) is 30.5 Å². The van der Waals surface area contributed by atoms with Gasteiger partial charge >= 0.3 is 0 Å². The predicted molar refractivity (Wildman–Crippen MR) is 84.6 cm³/mol. The number of rotatable bonds is 3. The quantitative estimate of drug-likeness (QED) is 0.905. The third-order valence-corrected chi connectivity index (χ3v) is 5.14. The van der Waals surface area contributed by atoms with Crippen molar-refractivity contribution in [2.75, 3.05) is 6.54 Å². The Morgan fingerprint density at radius 1 is 1.32 bits per heavy atom. The molecule has 3 rings (SSSR count). The molecule has 4 heteroatoms. The van der Waals surface area contributed by atoms with E-state index in [0.717, 1.165) is 22.4 Å². The van der Waals surface area contributed by atoms with E-state index >= 15 is 0 Å². The molecule has 1 aromatic heterocycles. The van der Waals surface area contributed by atoms with Crippen molar-refractivity contribution in [2.45, 2.75) is 31.7 Å². The standard InChI is InChI=1S/C15H17BrN2S/c16-14-7-2-1-6-13(14)15-18-12(10-19-15)9-11-5-3-4-8-17-11/h1-2,6-7,10-11,17H,3-5,8-9H2. The van der Waals surface area contributed by atoms with Gasteiger partial charge in [-0.25, -0.2) is 4.98 Å². The first-order chi connectivity index (χ1) is 9.33. The van der Waals surface area contributed by atoms with Crippen LogP contribution >= 0.6 is 27.3 Å².